The highest BCUT2D eigenvalue weighted by Gasteiger charge is 2.21. The van der Waals surface area contributed by atoms with E-state index in [0.29, 0.717) is 11.5 Å². The fourth-order valence-corrected chi connectivity index (χ4v) is 3.99. The van der Waals surface area contributed by atoms with Crippen LogP contribution in [0.2, 0.25) is 0 Å². The molecule has 0 atom stereocenters. The normalized spacial score (nSPS) is 16.6. The van der Waals surface area contributed by atoms with Gasteiger partial charge in [-0.2, -0.15) is 0 Å². The molecule has 0 unspecified atom stereocenters. The van der Waals surface area contributed by atoms with Crippen LogP contribution in [0.15, 0.2) is 42.5 Å². The standard InChI is InChI=1S/C24H32FN/c1-17(2)20-10-12-26(13-11-20)16-19-8-9-23(24(25)14-19)22-7-5-6-21(15-22)18(3)4/h5-9,14-15,17-18,20H,10-13,16H2,1-4H3. The van der Waals surface area contributed by atoms with Crippen LogP contribution in [0.1, 0.15) is 57.6 Å². The third-order valence-corrected chi connectivity index (χ3v) is 5.88. The van der Waals surface area contributed by atoms with Crippen molar-refractivity contribution >= 4 is 0 Å². The molecule has 0 bridgehead atoms. The van der Waals surface area contributed by atoms with Gasteiger partial charge in [-0.1, -0.05) is 64.1 Å². The number of halogens is 1. The Bertz CT molecular complexity index is 727. The zero-order chi connectivity index (χ0) is 18.7. The fourth-order valence-electron chi connectivity index (χ4n) is 3.99. The summed E-state index contributed by atoms with van der Waals surface area (Å²) in [6.07, 6.45) is 2.53. The Hall–Kier alpha value is -1.67. The Balaban J connectivity index is 1.69. The Morgan fingerprint density at radius 1 is 1.00 bits per heavy atom. The molecule has 0 spiro atoms. The summed E-state index contributed by atoms with van der Waals surface area (Å²) in [5.74, 6) is 1.96. The van der Waals surface area contributed by atoms with Crippen molar-refractivity contribution in [3.63, 3.8) is 0 Å². The molecule has 1 aliphatic rings. The molecule has 0 radical (unpaired) electrons. The average molecular weight is 354 g/mol. The maximum atomic E-state index is 14.8. The lowest BCUT2D eigenvalue weighted by Crippen LogP contribution is -2.34. The van der Waals surface area contributed by atoms with Crippen molar-refractivity contribution in [2.75, 3.05) is 13.1 Å². The SMILES string of the molecule is CC(C)c1cccc(-c2ccc(CN3CCC(C(C)C)CC3)cc2F)c1. The van der Waals surface area contributed by atoms with E-state index in [2.05, 4.69) is 50.8 Å². The molecule has 2 heteroatoms. The minimum Gasteiger partial charge on any atom is -0.299 e. The van der Waals surface area contributed by atoms with E-state index in [0.717, 1.165) is 42.6 Å². The zero-order valence-electron chi connectivity index (χ0n) is 16.6. The van der Waals surface area contributed by atoms with Gasteiger partial charge in [0.05, 0.1) is 0 Å². The molecule has 2 aromatic carbocycles. The first-order valence-corrected chi connectivity index (χ1v) is 10.0. The van der Waals surface area contributed by atoms with Crippen LogP contribution in [0.4, 0.5) is 4.39 Å². The average Bonchev–Trinajstić information content (AvgIpc) is 2.62. The van der Waals surface area contributed by atoms with Crippen LogP contribution >= 0.6 is 0 Å². The van der Waals surface area contributed by atoms with Gasteiger partial charge in [0.1, 0.15) is 5.82 Å². The van der Waals surface area contributed by atoms with Crippen LogP contribution in [0.5, 0.6) is 0 Å². The van der Waals surface area contributed by atoms with Crippen molar-refractivity contribution < 1.29 is 4.39 Å². The van der Waals surface area contributed by atoms with Crippen molar-refractivity contribution in [1.29, 1.82) is 0 Å². The quantitative estimate of drug-likeness (QED) is 0.594. The number of piperidine rings is 1. The van der Waals surface area contributed by atoms with E-state index in [-0.39, 0.29) is 5.82 Å². The molecule has 0 saturated carbocycles. The Morgan fingerprint density at radius 2 is 1.73 bits per heavy atom. The Kier molecular flexibility index (Phi) is 6.13. The predicted octanol–water partition coefficient (Wildman–Crippen LogP) is 6.48. The molecular weight excluding hydrogens is 321 g/mol. The Morgan fingerprint density at radius 3 is 2.35 bits per heavy atom. The molecule has 2 aromatic rings. The third kappa shape index (κ3) is 4.54. The minimum atomic E-state index is -0.111. The van der Waals surface area contributed by atoms with Crippen molar-refractivity contribution in [3.05, 3.63) is 59.4 Å². The highest BCUT2D eigenvalue weighted by atomic mass is 19.1. The summed E-state index contributed by atoms with van der Waals surface area (Å²) < 4.78 is 14.8. The smallest absolute Gasteiger partial charge is 0.131 e. The summed E-state index contributed by atoms with van der Waals surface area (Å²) in [5, 5.41) is 0. The summed E-state index contributed by atoms with van der Waals surface area (Å²) in [7, 11) is 0. The van der Waals surface area contributed by atoms with E-state index in [1.165, 1.54) is 18.4 Å². The zero-order valence-corrected chi connectivity index (χ0v) is 16.6. The number of nitrogens with zero attached hydrogens (tertiary/aromatic N) is 1. The van der Waals surface area contributed by atoms with Gasteiger partial charge in [-0.15, -0.1) is 0 Å². The van der Waals surface area contributed by atoms with Crippen molar-refractivity contribution in [1.82, 2.24) is 4.90 Å². The molecule has 1 aliphatic heterocycles. The van der Waals surface area contributed by atoms with Gasteiger partial charge in [-0.3, -0.25) is 4.90 Å². The van der Waals surface area contributed by atoms with E-state index in [9.17, 15) is 4.39 Å². The number of likely N-dealkylation sites (tertiary alicyclic amines) is 1. The van der Waals surface area contributed by atoms with Crippen LogP contribution in [0.25, 0.3) is 11.1 Å². The van der Waals surface area contributed by atoms with Gasteiger partial charge in [-0.25, -0.2) is 4.39 Å². The van der Waals surface area contributed by atoms with Gasteiger partial charge in [-0.05, 0) is 66.4 Å². The third-order valence-electron chi connectivity index (χ3n) is 5.88. The number of benzene rings is 2. The van der Waals surface area contributed by atoms with Crippen LogP contribution in [-0.4, -0.2) is 18.0 Å². The molecule has 26 heavy (non-hydrogen) atoms. The van der Waals surface area contributed by atoms with Gasteiger partial charge in [0.15, 0.2) is 0 Å². The molecular formula is C24H32FN. The van der Waals surface area contributed by atoms with Crippen LogP contribution in [-0.2, 0) is 6.54 Å². The first-order valence-electron chi connectivity index (χ1n) is 10.0. The Labute approximate surface area is 158 Å². The highest BCUT2D eigenvalue weighted by Crippen LogP contribution is 2.28. The van der Waals surface area contributed by atoms with E-state index < -0.39 is 0 Å². The number of hydrogen-bond acceptors (Lipinski definition) is 1. The van der Waals surface area contributed by atoms with Crippen molar-refractivity contribution in [2.45, 2.75) is 53.0 Å². The molecule has 0 amide bonds. The van der Waals surface area contributed by atoms with E-state index in [1.54, 1.807) is 6.07 Å². The molecule has 1 nitrogen and oxygen atoms in total. The highest BCUT2D eigenvalue weighted by molar-refractivity contribution is 5.65. The van der Waals surface area contributed by atoms with Crippen LogP contribution in [0.3, 0.4) is 0 Å². The molecule has 1 heterocycles. The summed E-state index contributed by atoms with van der Waals surface area (Å²) in [6.45, 7) is 12.1. The van der Waals surface area contributed by atoms with E-state index >= 15 is 0 Å². The summed E-state index contributed by atoms with van der Waals surface area (Å²) in [5.41, 5.74) is 4.00. The van der Waals surface area contributed by atoms with Crippen LogP contribution in [0, 0.1) is 17.7 Å². The number of hydrogen-bond donors (Lipinski definition) is 0. The molecule has 0 aliphatic carbocycles. The monoisotopic (exact) mass is 353 g/mol. The number of rotatable bonds is 5. The molecule has 3 rings (SSSR count). The minimum absolute atomic E-state index is 0.111. The maximum Gasteiger partial charge on any atom is 0.131 e. The van der Waals surface area contributed by atoms with E-state index in [1.807, 2.05) is 18.2 Å². The van der Waals surface area contributed by atoms with Crippen LogP contribution < -0.4 is 0 Å². The van der Waals surface area contributed by atoms with Gasteiger partial charge >= 0.3 is 0 Å². The summed E-state index contributed by atoms with van der Waals surface area (Å²) in [4.78, 5) is 2.46. The predicted molar refractivity (Wildman–Crippen MR) is 109 cm³/mol. The largest absolute Gasteiger partial charge is 0.299 e. The summed E-state index contributed by atoms with van der Waals surface area (Å²) in [6, 6.07) is 14.0. The van der Waals surface area contributed by atoms with Crippen molar-refractivity contribution in [3.8, 4) is 11.1 Å². The maximum absolute atomic E-state index is 14.8. The van der Waals surface area contributed by atoms with E-state index in [4.69, 9.17) is 0 Å². The lowest BCUT2D eigenvalue weighted by atomic mass is 9.86. The van der Waals surface area contributed by atoms with Gasteiger partial charge in [0, 0.05) is 12.1 Å². The lowest BCUT2D eigenvalue weighted by molar-refractivity contribution is 0.152. The first kappa shape index (κ1) is 19.1. The first-order chi connectivity index (χ1) is 12.4. The molecule has 1 fully saturated rings. The fraction of sp³-hybridized carbons (Fsp3) is 0.500. The second-order valence-electron chi connectivity index (χ2n) is 8.45. The molecule has 0 N–H and O–H groups in total. The van der Waals surface area contributed by atoms with Gasteiger partial charge in [0.25, 0.3) is 0 Å². The molecule has 1 saturated heterocycles. The summed E-state index contributed by atoms with van der Waals surface area (Å²) >= 11 is 0. The molecule has 0 aromatic heterocycles. The second-order valence-corrected chi connectivity index (χ2v) is 8.45. The second kappa shape index (κ2) is 8.35. The molecule has 140 valence electrons. The van der Waals surface area contributed by atoms with Gasteiger partial charge in [0.2, 0.25) is 0 Å². The van der Waals surface area contributed by atoms with Gasteiger partial charge < -0.3 is 0 Å². The topological polar surface area (TPSA) is 3.24 Å². The van der Waals surface area contributed by atoms with Crippen molar-refractivity contribution in [2.24, 2.45) is 11.8 Å². The lowest BCUT2D eigenvalue weighted by Gasteiger charge is -2.33.